The molecule has 0 radical (unpaired) electrons. The Hall–Kier alpha value is -1.00. The SMILES string of the molecule is CCSCC(C)NC(=O)c1ccc2cc(Br)ccc2c1. The van der Waals surface area contributed by atoms with Crippen LogP contribution < -0.4 is 5.32 Å². The van der Waals surface area contributed by atoms with Crippen LogP contribution in [0.25, 0.3) is 10.8 Å². The van der Waals surface area contributed by atoms with Crippen LogP contribution in [-0.2, 0) is 0 Å². The van der Waals surface area contributed by atoms with Crippen LogP contribution in [0, 0.1) is 0 Å². The fourth-order valence-electron chi connectivity index (χ4n) is 2.00. The first-order chi connectivity index (χ1) is 9.60. The Morgan fingerprint density at radius 1 is 1.25 bits per heavy atom. The highest BCUT2D eigenvalue weighted by Gasteiger charge is 2.10. The van der Waals surface area contributed by atoms with Crippen LogP contribution in [0.4, 0.5) is 0 Å². The summed E-state index contributed by atoms with van der Waals surface area (Å²) in [6.45, 7) is 4.17. The summed E-state index contributed by atoms with van der Waals surface area (Å²) in [7, 11) is 0. The minimum Gasteiger partial charge on any atom is -0.349 e. The number of hydrogen-bond donors (Lipinski definition) is 1. The van der Waals surface area contributed by atoms with E-state index in [-0.39, 0.29) is 11.9 Å². The molecular formula is C16H18BrNOS. The van der Waals surface area contributed by atoms with Gasteiger partial charge in [-0.2, -0.15) is 11.8 Å². The van der Waals surface area contributed by atoms with Gasteiger partial charge in [0, 0.05) is 21.8 Å². The summed E-state index contributed by atoms with van der Waals surface area (Å²) >= 11 is 5.29. The van der Waals surface area contributed by atoms with Crippen molar-refractivity contribution in [2.75, 3.05) is 11.5 Å². The molecule has 0 aliphatic heterocycles. The van der Waals surface area contributed by atoms with E-state index in [1.807, 2.05) is 49.0 Å². The normalized spacial score (nSPS) is 12.3. The van der Waals surface area contributed by atoms with E-state index in [1.165, 1.54) is 0 Å². The van der Waals surface area contributed by atoms with Gasteiger partial charge >= 0.3 is 0 Å². The molecule has 0 spiro atoms. The molecular weight excluding hydrogens is 334 g/mol. The lowest BCUT2D eigenvalue weighted by Gasteiger charge is -2.13. The molecule has 106 valence electrons. The number of carbonyl (C=O) groups is 1. The van der Waals surface area contributed by atoms with Gasteiger partial charge in [-0.25, -0.2) is 0 Å². The van der Waals surface area contributed by atoms with E-state index in [4.69, 9.17) is 0 Å². The summed E-state index contributed by atoms with van der Waals surface area (Å²) in [6.07, 6.45) is 0. The van der Waals surface area contributed by atoms with Crippen molar-refractivity contribution in [3.8, 4) is 0 Å². The topological polar surface area (TPSA) is 29.1 Å². The molecule has 2 aromatic rings. The van der Waals surface area contributed by atoms with E-state index in [1.54, 1.807) is 0 Å². The minimum atomic E-state index is -0.000906. The molecule has 1 amide bonds. The number of amides is 1. The molecule has 0 saturated heterocycles. The first kappa shape index (κ1) is 15.4. The van der Waals surface area contributed by atoms with Crippen LogP contribution in [0.3, 0.4) is 0 Å². The fourth-order valence-corrected chi connectivity index (χ4v) is 3.05. The number of fused-ring (bicyclic) bond motifs is 1. The van der Waals surface area contributed by atoms with Gasteiger partial charge < -0.3 is 5.32 Å². The van der Waals surface area contributed by atoms with Gasteiger partial charge in [-0.15, -0.1) is 0 Å². The minimum absolute atomic E-state index is 0.000906. The lowest BCUT2D eigenvalue weighted by Crippen LogP contribution is -2.34. The largest absolute Gasteiger partial charge is 0.349 e. The molecule has 0 aliphatic rings. The van der Waals surface area contributed by atoms with Crippen molar-refractivity contribution in [1.29, 1.82) is 0 Å². The Labute approximate surface area is 132 Å². The molecule has 1 N–H and O–H groups in total. The summed E-state index contributed by atoms with van der Waals surface area (Å²) in [5, 5.41) is 5.25. The quantitative estimate of drug-likeness (QED) is 0.860. The zero-order valence-corrected chi connectivity index (χ0v) is 14.1. The highest BCUT2D eigenvalue weighted by Crippen LogP contribution is 2.21. The molecule has 1 unspecified atom stereocenters. The Morgan fingerprint density at radius 3 is 2.70 bits per heavy atom. The van der Waals surface area contributed by atoms with Crippen molar-refractivity contribution < 1.29 is 4.79 Å². The van der Waals surface area contributed by atoms with Crippen molar-refractivity contribution in [2.24, 2.45) is 0 Å². The van der Waals surface area contributed by atoms with Gasteiger partial charge in [0.05, 0.1) is 0 Å². The Bertz CT molecular complexity index is 614. The Morgan fingerprint density at radius 2 is 1.95 bits per heavy atom. The second-order valence-corrected chi connectivity index (χ2v) is 6.97. The van der Waals surface area contributed by atoms with Gasteiger partial charge in [-0.05, 0) is 47.7 Å². The van der Waals surface area contributed by atoms with Gasteiger partial charge in [0.1, 0.15) is 0 Å². The van der Waals surface area contributed by atoms with E-state index in [0.717, 1.165) is 26.8 Å². The zero-order valence-electron chi connectivity index (χ0n) is 11.7. The second-order valence-electron chi connectivity index (χ2n) is 4.74. The number of carbonyl (C=O) groups excluding carboxylic acids is 1. The molecule has 0 aromatic heterocycles. The standard InChI is InChI=1S/C16H18BrNOS/c1-3-20-10-11(2)18-16(19)14-5-4-13-9-15(17)7-6-12(13)8-14/h4-9,11H,3,10H2,1-2H3,(H,18,19). The van der Waals surface area contributed by atoms with Gasteiger partial charge in [0.2, 0.25) is 0 Å². The fraction of sp³-hybridized carbons (Fsp3) is 0.312. The number of nitrogens with one attached hydrogen (secondary N) is 1. The van der Waals surface area contributed by atoms with Crippen LogP contribution in [0.15, 0.2) is 40.9 Å². The molecule has 2 aromatic carbocycles. The van der Waals surface area contributed by atoms with Crippen molar-refractivity contribution in [1.82, 2.24) is 5.32 Å². The van der Waals surface area contributed by atoms with Crippen molar-refractivity contribution in [3.05, 3.63) is 46.4 Å². The van der Waals surface area contributed by atoms with Gasteiger partial charge in [0.15, 0.2) is 0 Å². The summed E-state index contributed by atoms with van der Waals surface area (Å²) in [6, 6.07) is 12.1. The molecule has 0 fully saturated rings. The Kier molecular flexibility index (Phi) is 5.49. The van der Waals surface area contributed by atoms with Crippen LogP contribution in [0.5, 0.6) is 0 Å². The third-order valence-electron chi connectivity index (χ3n) is 3.01. The number of hydrogen-bond acceptors (Lipinski definition) is 2. The maximum atomic E-state index is 12.2. The third-order valence-corrected chi connectivity index (χ3v) is 4.65. The number of benzene rings is 2. The van der Waals surface area contributed by atoms with E-state index < -0.39 is 0 Å². The van der Waals surface area contributed by atoms with Crippen molar-refractivity contribution in [2.45, 2.75) is 19.9 Å². The van der Waals surface area contributed by atoms with Crippen LogP contribution >= 0.6 is 27.7 Å². The molecule has 20 heavy (non-hydrogen) atoms. The maximum Gasteiger partial charge on any atom is 0.251 e. The van der Waals surface area contributed by atoms with Gasteiger partial charge in [-0.3, -0.25) is 4.79 Å². The molecule has 0 heterocycles. The molecule has 4 heteroatoms. The van der Waals surface area contributed by atoms with Gasteiger partial charge in [-0.1, -0.05) is 35.0 Å². The monoisotopic (exact) mass is 351 g/mol. The predicted octanol–water partition coefficient (Wildman–Crippen LogP) is 4.47. The summed E-state index contributed by atoms with van der Waals surface area (Å²) in [5.74, 6) is 2.02. The summed E-state index contributed by atoms with van der Waals surface area (Å²) in [4.78, 5) is 12.2. The van der Waals surface area contributed by atoms with Crippen molar-refractivity contribution in [3.63, 3.8) is 0 Å². The Balaban J connectivity index is 2.12. The average Bonchev–Trinajstić information content (AvgIpc) is 2.44. The van der Waals surface area contributed by atoms with E-state index in [9.17, 15) is 4.79 Å². The molecule has 0 aliphatic carbocycles. The average molecular weight is 352 g/mol. The van der Waals surface area contributed by atoms with Crippen molar-refractivity contribution >= 4 is 44.4 Å². The zero-order chi connectivity index (χ0) is 14.5. The third kappa shape index (κ3) is 4.00. The number of halogens is 1. The molecule has 2 rings (SSSR count). The highest BCUT2D eigenvalue weighted by atomic mass is 79.9. The van der Waals surface area contributed by atoms with E-state index in [2.05, 4.69) is 34.2 Å². The molecule has 1 atom stereocenters. The summed E-state index contributed by atoms with van der Waals surface area (Å²) in [5.41, 5.74) is 0.716. The van der Waals surface area contributed by atoms with Gasteiger partial charge in [0.25, 0.3) is 5.91 Å². The van der Waals surface area contributed by atoms with E-state index >= 15 is 0 Å². The van der Waals surface area contributed by atoms with E-state index in [0.29, 0.717) is 5.56 Å². The molecule has 0 bridgehead atoms. The lowest BCUT2D eigenvalue weighted by atomic mass is 10.1. The first-order valence-corrected chi connectivity index (χ1v) is 8.63. The van der Waals surface area contributed by atoms with Crippen LogP contribution in [0.1, 0.15) is 24.2 Å². The lowest BCUT2D eigenvalue weighted by molar-refractivity contribution is 0.0944. The van der Waals surface area contributed by atoms with Crippen LogP contribution in [0.2, 0.25) is 0 Å². The first-order valence-electron chi connectivity index (χ1n) is 6.68. The second kappa shape index (κ2) is 7.14. The molecule has 2 nitrogen and oxygen atoms in total. The highest BCUT2D eigenvalue weighted by molar-refractivity contribution is 9.10. The van der Waals surface area contributed by atoms with Crippen LogP contribution in [-0.4, -0.2) is 23.5 Å². The maximum absolute atomic E-state index is 12.2. The number of rotatable bonds is 5. The molecule has 0 saturated carbocycles. The number of thioether (sulfide) groups is 1. The summed E-state index contributed by atoms with van der Waals surface area (Å²) < 4.78 is 1.05. The predicted molar refractivity (Wildman–Crippen MR) is 91.6 cm³/mol. The smallest absolute Gasteiger partial charge is 0.251 e.